The normalized spacial score (nSPS) is 10.4. The van der Waals surface area contributed by atoms with E-state index in [-0.39, 0.29) is 6.61 Å². The molecule has 1 heterocycles. The van der Waals surface area contributed by atoms with E-state index < -0.39 is 0 Å². The van der Waals surface area contributed by atoms with E-state index in [0.29, 0.717) is 0 Å². The van der Waals surface area contributed by atoms with Crippen molar-refractivity contribution in [3.05, 3.63) is 40.1 Å². The molecule has 3 nitrogen and oxygen atoms in total. The molecule has 0 unspecified atom stereocenters. The van der Waals surface area contributed by atoms with Crippen molar-refractivity contribution in [1.82, 2.24) is 0 Å². The van der Waals surface area contributed by atoms with Gasteiger partial charge in [0.2, 0.25) is 0 Å². The van der Waals surface area contributed by atoms with Crippen molar-refractivity contribution < 1.29 is 9.84 Å². The maximum absolute atomic E-state index is 9.22. The zero-order valence-corrected chi connectivity index (χ0v) is 11.6. The van der Waals surface area contributed by atoms with Gasteiger partial charge in [0.05, 0.1) is 12.3 Å². The summed E-state index contributed by atoms with van der Waals surface area (Å²) >= 11 is 1.53. The van der Waals surface area contributed by atoms with Crippen LogP contribution in [0.15, 0.2) is 29.0 Å². The first-order chi connectivity index (χ1) is 8.61. The Balaban J connectivity index is 2.34. The summed E-state index contributed by atoms with van der Waals surface area (Å²) in [5.41, 5.74) is 3.05. The van der Waals surface area contributed by atoms with Crippen LogP contribution in [-0.2, 0) is 6.61 Å². The molecule has 0 fully saturated rings. The van der Waals surface area contributed by atoms with Gasteiger partial charge in [-0.05, 0) is 24.6 Å². The Labute approximate surface area is 111 Å². The molecule has 1 N–H and O–H groups in total. The van der Waals surface area contributed by atoms with Crippen molar-refractivity contribution in [2.24, 2.45) is 0 Å². The zero-order chi connectivity index (χ0) is 13.1. The van der Waals surface area contributed by atoms with Crippen LogP contribution in [0.25, 0.3) is 0 Å². The van der Waals surface area contributed by atoms with Gasteiger partial charge in [0.15, 0.2) is 5.75 Å². The van der Waals surface area contributed by atoms with Gasteiger partial charge in [-0.1, -0.05) is 6.07 Å². The van der Waals surface area contributed by atoms with Gasteiger partial charge in [-0.2, -0.15) is 0 Å². The molecule has 0 aliphatic heterocycles. The quantitative estimate of drug-likeness (QED) is 0.917. The third kappa shape index (κ3) is 2.66. The second-order valence-electron chi connectivity index (χ2n) is 4.39. The highest BCUT2D eigenvalue weighted by molar-refractivity contribution is 7.08. The topological polar surface area (TPSA) is 32.7 Å². The van der Waals surface area contributed by atoms with Gasteiger partial charge in [-0.15, -0.1) is 11.3 Å². The number of rotatable bonds is 4. The minimum absolute atomic E-state index is 0.00198. The van der Waals surface area contributed by atoms with Crippen LogP contribution in [0.1, 0.15) is 11.1 Å². The third-order valence-corrected chi connectivity index (χ3v) is 3.46. The maximum atomic E-state index is 9.22. The summed E-state index contributed by atoms with van der Waals surface area (Å²) in [5.74, 6) is 1.54. The van der Waals surface area contributed by atoms with Crippen molar-refractivity contribution in [2.45, 2.75) is 13.5 Å². The molecule has 1 aromatic heterocycles. The van der Waals surface area contributed by atoms with E-state index in [2.05, 4.69) is 13.0 Å². The van der Waals surface area contributed by atoms with Crippen LogP contribution >= 0.6 is 11.3 Å². The molecular formula is C14H17NO2S. The van der Waals surface area contributed by atoms with Gasteiger partial charge < -0.3 is 14.7 Å². The van der Waals surface area contributed by atoms with E-state index in [4.69, 9.17) is 4.74 Å². The van der Waals surface area contributed by atoms with Crippen molar-refractivity contribution in [3.63, 3.8) is 0 Å². The zero-order valence-electron chi connectivity index (χ0n) is 10.8. The number of aliphatic hydroxyl groups is 1. The Morgan fingerprint density at radius 2 is 2.00 bits per heavy atom. The maximum Gasteiger partial charge on any atom is 0.150 e. The predicted molar refractivity (Wildman–Crippen MR) is 75.8 cm³/mol. The number of anilines is 1. The molecule has 0 saturated carbocycles. The third-order valence-electron chi connectivity index (χ3n) is 2.69. The molecule has 0 atom stereocenters. The summed E-state index contributed by atoms with van der Waals surface area (Å²) in [6.07, 6.45) is 0. The summed E-state index contributed by atoms with van der Waals surface area (Å²) in [5, 5.41) is 13.0. The van der Waals surface area contributed by atoms with Crippen LogP contribution in [0.3, 0.4) is 0 Å². The SMILES string of the molecule is Cc1ccc(Oc2cscc2CO)c(N(C)C)c1. The predicted octanol–water partition coefficient (Wildman–Crippen LogP) is 3.41. The first-order valence-electron chi connectivity index (χ1n) is 5.73. The number of thiophene rings is 1. The van der Waals surface area contributed by atoms with Gasteiger partial charge >= 0.3 is 0 Å². The van der Waals surface area contributed by atoms with E-state index in [1.165, 1.54) is 16.9 Å². The number of aryl methyl sites for hydroxylation is 1. The van der Waals surface area contributed by atoms with Gasteiger partial charge in [0.1, 0.15) is 5.75 Å². The highest BCUT2D eigenvalue weighted by atomic mass is 32.1. The largest absolute Gasteiger partial charge is 0.454 e. The van der Waals surface area contributed by atoms with Crippen molar-refractivity contribution in [1.29, 1.82) is 0 Å². The molecule has 0 spiro atoms. The second-order valence-corrected chi connectivity index (χ2v) is 5.13. The van der Waals surface area contributed by atoms with Crippen molar-refractivity contribution in [3.8, 4) is 11.5 Å². The summed E-state index contributed by atoms with van der Waals surface area (Å²) < 4.78 is 5.90. The molecule has 0 aliphatic rings. The molecule has 4 heteroatoms. The first-order valence-corrected chi connectivity index (χ1v) is 6.68. The highest BCUT2D eigenvalue weighted by Crippen LogP contribution is 2.35. The van der Waals surface area contributed by atoms with Crippen LogP contribution < -0.4 is 9.64 Å². The van der Waals surface area contributed by atoms with E-state index in [1.54, 1.807) is 0 Å². The second kappa shape index (κ2) is 5.42. The molecular weight excluding hydrogens is 246 g/mol. The standard InChI is InChI=1S/C14H17NO2S/c1-10-4-5-13(12(6-10)15(2)3)17-14-9-18-8-11(14)7-16/h4-6,8-9,16H,7H2,1-3H3. The number of aliphatic hydroxyl groups excluding tert-OH is 1. The number of nitrogens with zero attached hydrogens (tertiary/aromatic N) is 1. The molecule has 18 heavy (non-hydrogen) atoms. The summed E-state index contributed by atoms with van der Waals surface area (Å²) in [6.45, 7) is 2.06. The Morgan fingerprint density at radius 3 is 2.67 bits per heavy atom. The van der Waals surface area contributed by atoms with Gasteiger partial charge in [0, 0.05) is 30.4 Å². The fraction of sp³-hybridized carbons (Fsp3) is 0.286. The highest BCUT2D eigenvalue weighted by Gasteiger charge is 2.10. The number of hydrogen-bond donors (Lipinski definition) is 1. The molecule has 0 amide bonds. The van der Waals surface area contributed by atoms with Crippen LogP contribution in [0, 0.1) is 6.92 Å². The number of ether oxygens (including phenoxy) is 1. The average Bonchev–Trinajstić information content (AvgIpc) is 2.78. The lowest BCUT2D eigenvalue weighted by atomic mass is 10.2. The van der Waals surface area contributed by atoms with Crippen LogP contribution in [0.5, 0.6) is 11.5 Å². The van der Waals surface area contributed by atoms with Gasteiger partial charge in [0.25, 0.3) is 0 Å². The molecule has 0 saturated heterocycles. The molecule has 0 bridgehead atoms. The summed E-state index contributed by atoms with van der Waals surface area (Å²) in [6, 6.07) is 6.07. The molecule has 96 valence electrons. The number of benzene rings is 1. The Morgan fingerprint density at radius 1 is 1.22 bits per heavy atom. The van der Waals surface area contributed by atoms with Gasteiger partial charge in [-0.25, -0.2) is 0 Å². The Hall–Kier alpha value is -1.52. The Kier molecular flexibility index (Phi) is 3.89. The van der Waals surface area contributed by atoms with Crippen molar-refractivity contribution >= 4 is 17.0 Å². The lowest BCUT2D eigenvalue weighted by Gasteiger charge is -2.18. The molecule has 0 aliphatic carbocycles. The summed E-state index contributed by atoms with van der Waals surface area (Å²) in [7, 11) is 3.98. The van der Waals surface area contributed by atoms with E-state index in [9.17, 15) is 5.11 Å². The van der Waals surface area contributed by atoms with Crippen LogP contribution in [-0.4, -0.2) is 19.2 Å². The average molecular weight is 263 g/mol. The fourth-order valence-corrected chi connectivity index (χ4v) is 2.44. The molecule has 2 aromatic rings. The van der Waals surface area contributed by atoms with Crippen LogP contribution in [0.2, 0.25) is 0 Å². The van der Waals surface area contributed by atoms with Crippen molar-refractivity contribution in [2.75, 3.05) is 19.0 Å². The monoisotopic (exact) mass is 263 g/mol. The smallest absolute Gasteiger partial charge is 0.150 e. The molecule has 1 aromatic carbocycles. The fourth-order valence-electron chi connectivity index (χ4n) is 1.70. The van der Waals surface area contributed by atoms with Crippen LogP contribution in [0.4, 0.5) is 5.69 Å². The first kappa shape index (κ1) is 12.9. The summed E-state index contributed by atoms with van der Waals surface area (Å²) in [4.78, 5) is 2.02. The minimum atomic E-state index is 0.00198. The minimum Gasteiger partial charge on any atom is -0.454 e. The van der Waals surface area contributed by atoms with E-state index in [0.717, 1.165) is 22.7 Å². The lowest BCUT2D eigenvalue weighted by molar-refractivity contribution is 0.277. The number of hydrogen-bond acceptors (Lipinski definition) is 4. The van der Waals surface area contributed by atoms with E-state index >= 15 is 0 Å². The Bertz CT molecular complexity index is 534. The lowest BCUT2D eigenvalue weighted by Crippen LogP contribution is -2.10. The van der Waals surface area contributed by atoms with Gasteiger partial charge in [-0.3, -0.25) is 0 Å². The molecule has 2 rings (SSSR count). The van der Waals surface area contributed by atoms with E-state index in [1.807, 2.05) is 41.9 Å². The molecule has 0 radical (unpaired) electrons.